The van der Waals surface area contributed by atoms with Gasteiger partial charge in [0.1, 0.15) is 36.0 Å². The zero-order valence-electron chi connectivity index (χ0n) is 16.3. The lowest BCUT2D eigenvalue weighted by Gasteiger charge is -2.39. The van der Waals surface area contributed by atoms with Crippen molar-refractivity contribution < 1.29 is 34.3 Å². The molecule has 1 fully saturated rings. The first kappa shape index (κ1) is 20.8. The average molecular weight is 417 g/mol. The number of benzene rings is 2. The standard InChI is InChI=1S/C22H24FNO6/c1-11-5-6-12(8-14(11)23)7-13-9-24-15-3-2-4-16(18(13)15)29-22-21(28)20(27)19(26)17(10-25)30-22/h2-6,8-9,17,19-22,24-28H,7,10H2,1H3/t17-,19-,20+,21-,22-/m1/s1. The molecule has 1 aliphatic heterocycles. The van der Waals surface area contributed by atoms with E-state index in [1.165, 1.54) is 6.07 Å². The molecule has 0 unspecified atom stereocenters. The molecule has 30 heavy (non-hydrogen) atoms. The van der Waals surface area contributed by atoms with E-state index in [1.54, 1.807) is 25.1 Å². The molecule has 0 bridgehead atoms. The van der Waals surface area contributed by atoms with Gasteiger partial charge in [0.2, 0.25) is 6.29 Å². The van der Waals surface area contributed by atoms with Crippen molar-refractivity contribution in [2.24, 2.45) is 0 Å². The highest BCUT2D eigenvalue weighted by molar-refractivity contribution is 5.89. The van der Waals surface area contributed by atoms with Gasteiger partial charge in [0, 0.05) is 17.1 Å². The lowest BCUT2D eigenvalue weighted by molar-refractivity contribution is -0.277. The average Bonchev–Trinajstić information content (AvgIpc) is 3.15. The number of aromatic amines is 1. The Balaban J connectivity index is 1.65. The van der Waals surface area contributed by atoms with Gasteiger partial charge < -0.3 is 34.9 Å². The van der Waals surface area contributed by atoms with E-state index in [0.717, 1.165) is 22.0 Å². The van der Waals surface area contributed by atoms with Gasteiger partial charge in [0.25, 0.3) is 0 Å². The first-order chi connectivity index (χ1) is 14.4. The predicted molar refractivity (Wildman–Crippen MR) is 107 cm³/mol. The highest BCUT2D eigenvalue weighted by Crippen LogP contribution is 2.33. The highest BCUT2D eigenvalue weighted by Gasteiger charge is 2.44. The molecule has 0 aliphatic carbocycles. The van der Waals surface area contributed by atoms with E-state index < -0.39 is 37.3 Å². The van der Waals surface area contributed by atoms with Crippen LogP contribution in [0.5, 0.6) is 5.75 Å². The summed E-state index contributed by atoms with van der Waals surface area (Å²) < 4.78 is 25.3. The Morgan fingerprint density at radius 3 is 2.63 bits per heavy atom. The van der Waals surface area contributed by atoms with E-state index in [2.05, 4.69) is 4.98 Å². The summed E-state index contributed by atoms with van der Waals surface area (Å²) in [5, 5.41) is 40.3. The molecule has 0 spiro atoms. The van der Waals surface area contributed by atoms with E-state index in [4.69, 9.17) is 9.47 Å². The number of H-pyrrole nitrogens is 1. The summed E-state index contributed by atoms with van der Waals surface area (Å²) in [6.45, 7) is 1.17. The first-order valence-corrected chi connectivity index (χ1v) is 9.70. The minimum Gasteiger partial charge on any atom is -0.461 e. The molecule has 4 rings (SSSR count). The van der Waals surface area contributed by atoms with Gasteiger partial charge in [0.05, 0.1) is 6.61 Å². The van der Waals surface area contributed by atoms with Crippen LogP contribution >= 0.6 is 0 Å². The third-order valence-electron chi connectivity index (χ3n) is 5.47. The van der Waals surface area contributed by atoms with Crippen LogP contribution in [0.1, 0.15) is 16.7 Å². The SMILES string of the molecule is Cc1ccc(Cc2c[nH]c3cccc(O[C@@H]4O[C@H](CO)[C@@H](O)[C@H](O)[C@H]4O)c23)cc1F. The van der Waals surface area contributed by atoms with E-state index in [-0.39, 0.29) is 5.82 Å². The van der Waals surface area contributed by atoms with Crippen LogP contribution in [-0.2, 0) is 11.2 Å². The minimum absolute atomic E-state index is 0.273. The van der Waals surface area contributed by atoms with Gasteiger partial charge in [-0.3, -0.25) is 0 Å². The Hall–Kier alpha value is -2.49. The lowest BCUT2D eigenvalue weighted by atomic mass is 9.99. The summed E-state index contributed by atoms with van der Waals surface area (Å²) >= 11 is 0. The fourth-order valence-corrected chi connectivity index (χ4v) is 3.71. The minimum atomic E-state index is -1.53. The van der Waals surface area contributed by atoms with Crippen LogP contribution in [0.3, 0.4) is 0 Å². The van der Waals surface area contributed by atoms with Crippen molar-refractivity contribution in [1.29, 1.82) is 0 Å². The van der Waals surface area contributed by atoms with Crippen LogP contribution in [-0.4, -0.2) is 62.7 Å². The molecule has 2 heterocycles. The largest absolute Gasteiger partial charge is 0.461 e. The Morgan fingerprint density at radius 2 is 1.90 bits per heavy atom. The van der Waals surface area contributed by atoms with Crippen molar-refractivity contribution in [3.05, 3.63) is 65.1 Å². The molecule has 0 radical (unpaired) electrons. The van der Waals surface area contributed by atoms with Crippen LogP contribution < -0.4 is 4.74 Å². The van der Waals surface area contributed by atoms with E-state index >= 15 is 0 Å². The van der Waals surface area contributed by atoms with Gasteiger partial charge in [0.15, 0.2) is 0 Å². The van der Waals surface area contributed by atoms with Gasteiger partial charge >= 0.3 is 0 Å². The summed E-state index contributed by atoms with van der Waals surface area (Å²) in [4.78, 5) is 3.15. The van der Waals surface area contributed by atoms with E-state index in [9.17, 15) is 24.8 Å². The summed E-state index contributed by atoms with van der Waals surface area (Å²) in [6, 6.07) is 10.4. The summed E-state index contributed by atoms with van der Waals surface area (Å²) in [5.74, 6) is 0.116. The van der Waals surface area contributed by atoms with E-state index in [0.29, 0.717) is 17.7 Å². The molecule has 1 saturated heterocycles. The molecular weight excluding hydrogens is 393 g/mol. The van der Waals surface area contributed by atoms with Crippen LogP contribution in [0.25, 0.3) is 10.9 Å². The molecule has 5 atom stereocenters. The topological polar surface area (TPSA) is 115 Å². The molecule has 160 valence electrons. The van der Waals surface area contributed by atoms with Crippen molar-refractivity contribution in [2.75, 3.05) is 6.61 Å². The quantitative estimate of drug-likeness (QED) is 0.429. The smallest absolute Gasteiger partial charge is 0.229 e. The second-order valence-corrected chi connectivity index (χ2v) is 7.57. The van der Waals surface area contributed by atoms with Crippen LogP contribution in [0.4, 0.5) is 4.39 Å². The molecule has 8 heteroatoms. The van der Waals surface area contributed by atoms with Gasteiger partial charge in [-0.05, 0) is 48.2 Å². The van der Waals surface area contributed by atoms with Gasteiger partial charge in [-0.2, -0.15) is 0 Å². The third-order valence-corrected chi connectivity index (χ3v) is 5.47. The normalized spacial score (nSPS) is 26.8. The monoisotopic (exact) mass is 417 g/mol. The maximum absolute atomic E-state index is 14.0. The second-order valence-electron chi connectivity index (χ2n) is 7.57. The first-order valence-electron chi connectivity index (χ1n) is 9.70. The van der Waals surface area contributed by atoms with Crippen molar-refractivity contribution in [1.82, 2.24) is 4.98 Å². The number of hydrogen-bond acceptors (Lipinski definition) is 6. The number of aliphatic hydroxyl groups excluding tert-OH is 4. The predicted octanol–water partition coefficient (Wildman–Crippen LogP) is 1.38. The number of aliphatic hydroxyl groups is 4. The summed E-state index contributed by atoms with van der Waals surface area (Å²) in [5.41, 5.74) is 3.00. The van der Waals surface area contributed by atoms with Crippen molar-refractivity contribution in [2.45, 2.75) is 44.1 Å². The number of halogens is 1. The zero-order chi connectivity index (χ0) is 21.4. The van der Waals surface area contributed by atoms with Crippen LogP contribution in [0.15, 0.2) is 42.6 Å². The number of aromatic nitrogens is 1. The molecule has 5 N–H and O–H groups in total. The fraction of sp³-hybridized carbons (Fsp3) is 0.364. The maximum Gasteiger partial charge on any atom is 0.229 e. The number of ether oxygens (including phenoxy) is 2. The zero-order valence-corrected chi connectivity index (χ0v) is 16.3. The maximum atomic E-state index is 14.0. The van der Waals surface area contributed by atoms with Crippen LogP contribution in [0, 0.1) is 12.7 Å². The Labute approximate surface area is 172 Å². The van der Waals surface area contributed by atoms with E-state index in [1.807, 2.05) is 18.3 Å². The molecule has 0 amide bonds. The lowest BCUT2D eigenvalue weighted by Crippen LogP contribution is -2.60. The number of nitrogens with one attached hydrogen (secondary N) is 1. The van der Waals surface area contributed by atoms with Crippen molar-refractivity contribution in [3.63, 3.8) is 0 Å². The van der Waals surface area contributed by atoms with Gasteiger partial charge in [-0.25, -0.2) is 4.39 Å². The van der Waals surface area contributed by atoms with Gasteiger partial charge in [-0.1, -0.05) is 18.2 Å². The molecule has 1 aromatic heterocycles. The molecular formula is C22H24FNO6. The number of hydrogen-bond donors (Lipinski definition) is 5. The Kier molecular flexibility index (Phi) is 5.77. The second kappa shape index (κ2) is 8.33. The number of rotatable bonds is 5. The molecule has 7 nitrogen and oxygen atoms in total. The highest BCUT2D eigenvalue weighted by atomic mass is 19.1. The summed E-state index contributed by atoms with van der Waals surface area (Å²) in [6.07, 6.45) is -4.58. The van der Waals surface area contributed by atoms with Crippen molar-refractivity contribution in [3.8, 4) is 5.75 Å². The van der Waals surface area contributed by atoms with Crippen molar-refractivity contribution >= 4 is 10.9 Å². The molecule has 3 aromatic rings. The Morgan fingerprint density at radius 1 is 1.10 bits per heavy atom. The third kappa shape index (κ3) is 3.80. The van der Waals surface area contributed by atoms with Gasteiger partial charge in [-0.15, -0.1) is 0 Å². The molecule has 0 saturated carbocycles. The Bertz CT molecular complexity index is 1040. The number of fused-ring (bicyclic) bond motifs is 1. The number of aryl methyl sites for hydroxylation is 1. The molecule has 2 aromatic carbocycles. The summed E-state index contributed by atoms with van der Waals surface area (Å²) in [7, 11) is 0. The molecule has 1 aliphatic rings. The van der Waals surface area contributed by atoms with Crippen LogP contribution in [0.2, 0.25) is 0 Å². The fourth-order valence-electron chi connectivity index (χ4n) is 3.71.